The molecule has 0 unspecified atom stereocenters. The highest BCUT2D eigenvalue weighted by molar-refractivity contribution is 7.20. The average Bonchev–Trinajstić information content (AvgIpc) is 3.23. The van der Waals surface area contributed by atoms with Gasteiger partial charge in [-0.2, -0.15) is 5.10 Å². The maximum Gasteiger partial charge on any atom is 0.264 e. The molecule has 1 fully saturated rings. The Bertz CT molecular complexity index is 931. The minimum atomic E-state index is 0.00954. The molecule has 3 aromatic rings. The van der Waals surface area contributed by atoms with Crippen LogP contribution in [0.15, 0.2) is 36.4 Å². The van der Waals surface area contributed by atoms with Crippen molar-refractivity contribution in [3.63, 3.8) is 0 Å². The fourth-order valence-corrected chi connectivity index (χ4v) is 4.74. The maximum atomic E-state index is 12.9. The summed E-state index contributed by atoms with van der Waals surface area (Å²) in [6.07, 6.45) is 1.45. The van der Waals surface area contributed by atoms with Gasteiger partial charge in [0.15, 0.2) is 5.78 Å². The van der Waals surface area contributed by atoms with E-state index in [1.807, 2.05) is 60.0 Å². The van der Waals surface area contributed by atoms with Crippen molar-refractivity contribution in [1.82, 2.24) is 14.7 Å². The van der Waals surface area contributed by atoms with Crippen LogP contribution in [0.4, 0.5) is 0 Å². The molecule has 1 amide bonds. The van der Waals surface area contributed by atoms with E-state index in [0.29, 0.717) is 13.1 Å². The molecule has 1 aromatic carbocycles. The lowest BCUT2D eigenvalue weighted by atomic mass is 9.89. The third-order valence-corrected chi connectivity index (χ3v) is 6.31. The van der Waals surface area contributed by atoms with Gasteiger partial charge < -0.3 is 4.90 Å². The minimum absolute atomic E-state index is 0.00954. The number of rotatable bonds is 3. The molecule has 0 aliphatic carbocycles. The fraction of sp³-hybridized carbons (Fsp3) is 0.350. The molecule has 26 heavy (non-hydrogen) atoms. The number of amides is 1. The summed E-state index contributed by atoms with van der Waals surface area (Å²) in [7, 11) is 1.90. The molecule has 2 aromatic heterocycles. The normalized spacial score (nSPS) is 15.5. The number of carbonyl (C=O) groups excluding carboxylic acids is 2. The SMILES string of the molecule is Cc1nn(C)c2sc(C(=O)N3CCC(C(=O)c4ccccc4)CC3)cc12. The van der Waals surface area contributed by atoms with Crippen LogP contribution in [0, 0.1) is 12.8 Å². The lowest BCUT2D eigenvalue weighted by Gasteiger charge is -2.31. The van der Waals surface area contributed by atoms with Crippen molar-refractivity contribution in [2.75, 3.05) is 13.1 Å². The summed E-state index contributed by atoms with van der Waals surface area (Å²) >= 11 is 1.49. The molecule has 0 saturated carbocycles. The van der Waals surface area contributed by atoms with E-state index in [9.17, 15) is 9.59 Å². The summed E-state index contributed by atoms with van der Waals surface area (Å²) in [6, 6.07) is 11.4. The van der Waals surface area contributed by atoms with Crippen molar-refractivity contribution in [2.24, 2.45) is 13.0 Å². The average molecular weight is 367 g/mol. The highest BCUT2D eigenvalue weighted by atomic mass is 32.1. The number of hydrogen-bond donors (Lipinski definition) is 0. The van der Waals surface area contributed by atoms with E-state index in [2.05, 4.69) is 5.10 Å². The van der Waals surface area contributed by atoms with Crippen LogP contribution < -0.4 is 0 Å². The van der Waals surface area contributed by atoms with E-state index in [1.165, 1.54) is 11.3 Å². The van der Waals surface area contributed by atoms with Crippen LogP contribution in [-0.4, -0.2) is 39.5 Å². The number of thiophene rings is 1. The van der Waals surface area contributed by atoms with Gasteiger partial charge in [0.25, 0.3) is 5.91 Å². The van der Waals surface area contributed by atoms with Crippen molar-refractivity contribution in [3.05, 3.63) is 52.5 Å². The third-order valence-electron chi connectivity index (χ3n) is 5.12. The zero-order chi connectivity index (χ0) is 18.3. The molecule has 4 rings (SSSR count). The summed E-state index contributed by atoms with van der Waals surface area (Å²) in [4.78, 5) is 29.1. The first-order valence-electron chi connectivity index (χ1n) is 8.86. The number of nitrogens with zero attached hydrogens (tertiary/aromatic N) is 3. The number of Topliss-reactive ketones (excluding diaryl/α,β-unsaturated/α-hetero) is 1. The predicted molar refractivity (Wildman–Crippen MR) is 103 cm³/mol. The molecule has 1 aliphatic rings. The number of benzene rings is 1. The fourth-order valence-electron chi connectivity index (χ4n) is 3.65. The molecule has 0 N–H and O–H groups in total. The molecule has 1 aliphatic heterocycles. The summed E-state index contributed by atoms with van der Waals surface area (Å²) in [5.41, 5.74) is 1.72. The first kappa shape index (κ1) is 17.0. The Labute approximate surface area is 156 Å². The molecule has 0 spiro atoms. The number of fused-ring (bicyclic) bond motifs is 1. The van der Waals surface area contributed by atoms with Gasteiger partial charge in [0, 0.05) is 37.0 Å². The molecule has 3 heterocycles. The van der Waals surface area contributed by atoms with Crippen LogP contribution in [0.5, 0.6) is 0 Å². The third kappa shape index (κ3) is 2.94. The second-order valence-electron chi connectivity index (χ2n) is 6.84. The Morgan fingerprint density at radius 2 is 1.85 bits per heavy atom. The maximum absolute atomic E-state index is 12.9. The van der Waals surface area contributed by atoms with E-state index in [1.54, 1.807) is 0 Å². The topological polar surface area (TPSA) is 55.2 Å². The second-order valence-corrected chi connectivity index (χ2v) is 7.87. The largest absolute Gasteiger partial charge is 0.338 e. The number of carbonyl (C=O) groups is 2. The van der Waals surface area contributed by atoms with Crippen LogP contribution >= 0.6 is 11.3 Å². The zero-order valence-electron chi connectivity index (χ0n) is 14.9. The van der Waals surface area contributed by atoms with Crippen molar-refractivity contribution in [3.8, 4) is 0 Å². The molecular formula is C20H21N3O2S. The number of aromatic nitrogens is 2. The van der Waals surface area contributed by atoms with Gasteiger partial charge in [0.1, 0.15) is 4.83 Å². The molecule has 0 bridgehead atoms. The summed E-state index contributed by atoms with van der Waals surface area (Å²) in [6.45, 7) is 3.23. The van der Waals surface area contributed by atoms with E-state index in [4.69, 9.17) is 0 Å². The predicted octanol–water partition coefficient (Wildman–Crippen LogP) is 3.68. The summed E-state index contributed by atoms with van der Waals surface area (Å²) < 4.78 is 1.83. The van der Waals surface area contributed by atoms with Crippen LogP contribution in [-0.2, 0) is 7.05 Å². The molecule has 134 valence electrons. The van der Waals surface area contributed by atoms with Crippen LogP contribution in [0.1, 0.15) is 38.6 Å². The monoisotopic (exact) mass is 367 g/mol. The first-order valence-corrected chi connectivity index (χ1v) is 9.68. The molecule has 0 atom stereocenters. The molecular weight excluding hydrogens is 346 g/mol. The summed E-state index contributed by atoms with van der Waals surface area (Å²) in [5.74, 6) is 0.271. The van der Waals surface area contributed by atoms with E-state index in [-0.39, 0.29) is 17.6 Å². The van der Waals surface area contributed by atoms with Crippen molar-refractivity contribution < 1.29 is 9.59 Å². The smallest absolute Gasteiger partial charge is 0.264 e. The second kappa shape index (κ2) is 6.68. The van der Waals surface area contributed by atoms with Gasteiger partial charge in [-0.15, -0.1) is 11.3 Å². The van der Waals surface area contributed by atoms with Gasteiger partial charge in [0.2, 0.25) is 0 Å². The van der Waals surface area contributed by atoms with Gasteiger partial charge in [-0.25, -0.2) is 0 Å². The van der Waals surface area contributed by atoms with Crippen molar-refractivity contribution >= 4 is 33.2 Å². The molecule has 6 heteroatoms. The minimum Gasteiger partial charge on any atom is -0.338 e. The van der Waals surface area contributed by atoms with Crippen molar-refractivity contribution in [1.29, 1.82) is 0 Å². The Balaban J connectivity index is 1.44. The number of likely N-dealkylation sites (tertiary alicyclic amines) is 1. The Hall–Kier alpha value is -2.47. The van der Waals surface area contributed by atoms with E-state index < -0.39 is 0 Å². The van der Waals surface area contributed by atoms with Crippen LogP contribution in [0.3, 0.4) is 0 Å². The number of aryl methyl sites for hydroxylation is 2. The van der Waals surface area contributed by atoms with Gasteiger partial charge in [0.05, 0.1) is 10.6 Å². The Morgan fingerprint density at radius 3 is 2.50 bits per heavy atom. The van der Waals surface area contributed by atoms with Gasteiger partial charge in [-0.3, -0.25) is 14.3 Å². The van der Waals surface area contributed by atoms with E-state index >= 15 is 0 Å². The quantitative estimate of drug-likeness (QED) is 0.664. The van der Waals surface area contributed by atoms with Crippen LogP contribution in [0.2, 0.25) is 0 Å². The number of piperidine rings is 1. The van der Waals surface area contributed by atoms with Crippen molar-refractivity contribution in [2.45, 2.75) is 19.8 Å². The number of hydrogen-bond acceptors (Lipinski definition) is 4. The molecule has 0 radical (unpaired) electrons. The number of ketones is 1. The van der Waals surface area contributed by atoms with Gasteiger partial charge in [-0.05, 0) is 25.8 Å². The standard InChI is InChI=1S/C20H21N3O2S/c1-13-16-12-17(26-20(16)22(2)21-13)19(25)23-10-8-15(9-11-23)18(24)14-6-4-3-5-7-14/h3-7,12,15H,8-11H2,1-2H3. The Morgan fingerprint density at radius 1 is 1.15 bits per heavy atom. The van der Waals surface area contributed by atoms with Gasteiger partial charge >= 0.3 is 0 Å². The zero-order valence-corrected chi connectivity index (χ0v) is 15.8. The molecule has 5 nitrogen and oxygen atoms in total. The van der Waals surface area contributed by atoms with Gasteiger partial charge in [-0.1, -0.05) is 30.3 Å². The Kier molecular flexibility index (Phi) is 4.36. The van der Waals surface area contributed by atoms with Crippen LogP contribution in [0.25, 0.3) is 10.2 Å². The lowest BCUT2D eigenvalue weighted by Crippen LogP contribution is -2.40. The first-order chi connectivity index (χ1) is 12.5. The molecule has 1 saturated heterocycles. The highest BCUT2D eigenvalue weighted by Gasteiger charge is 2.29. The summed E-state index contributed by atoms with van der Waals surface area (Å²) in [5, 5.41) is 5.44. The highest BCUT2D eigenvalue weighted by Crippen LogP contribution is 2.30. The van der Waals surface area contributed by atoms with E-state index in [0.717, 1.165) is 39.2 Å². The lowest BCUT2D eigenvalue weighted by molar-refractivity contribution is 0.0654.